The lowest BCUT2D eigenvalue weighted by Gasteiger charge is -2.35. The Labute approximate surface area is 170 Å². The van der Waals surface area contributed by atoms with Crippen molar-refractivity contribution in [2.75, 3.05) is 11.9 Å². The van der Waals surface area contributed by atoms with Gasteiger partial charge in [-0.1, -0.05) is 23.7 Å². The van der Waals surface area contributed by atoms with Crippen molar-refractivity contribution in [3.05, 3.63) is 47.6 Å². The van der Waals surface area contributed by atoms with E-state index in [4.69, 9.17) is 16.7 Å². The van der Waals surface area contributed by atoms with Gasteiger partial charge in [0.15, 0.2) is 5.65 Å². The van der Waals surface area contributed by atoms with Gasteiger partial charge in [0.1, 0.15) is 5.82 Å². The van der Waals surface area contributed by atoms with E-state index in [0.29, 0.717) is 16.9 Å². The van der Waals surface area contributed by atoms with Gasteiger partial charge in [-0.15, -0.1) is 5.10 Å². The van der Waals surface area contributed by atoms with Gasteiger partial charge in [-0.2, -0.15) is 0 Å². The zero-order valence-corrected chi connectivity index (χ0v) is 17.2. The molecule has 0 amide bonds. The Kier molecular flexibility index (Phi) is 5.30. The molecule has 5 nitrogen and oxygen atoms in total. The van der Waals surface area contributed by atoms with Crippen LogP contribution in [0.1, 0.15) is 39.5 Å². The molecule has 0 bridgehead atoms. The largest absolute Gasteiger partial charge is 0.390 e. The number of nitrogens with one attached hydrogen (secondary N) is 1. The van der Waals surface area contributed by atoms with Crippen LogP contribution in [-0.2, 0) is 0 Å². The molecule has 0 unspecified atom stereocenters. The van der Waals surface area contributed by atoms with E-state index in [1.165, 1.54) is 0 Å². The van der Waals surface area contributed by atoms with Gasteiger partial charge < -0.3 is 10.4 Å². The topological polar surface area (TPSA) is 62.5 Å². The first-order valence-electron chi connectivity index (χ1n) is 9.97. The SMILES string of the molecule is CC(C)(O)C1CCC(CNc2ccc3ncc(-c4cccc(Cl)c4)n3n2)CC1. The number of hydrogen-bond acceptors (Lipinski definition) is 4. The standard InChI is InChI=1S/C22H27ClN4O/c1-22(2,28)17-8-6-15(7-9-17)13-24-20-10-11-21-25-14-19(27(21)26-20)16-4-3-5-18(23)12-16/h3-5,10-12,14-15,17,28H,6-9,13H2,1-2H3,(H,24,26). The highest BCUT2D eigenvalue weighted by molar-refractivity contribution is 6.30. The monoisotopic (exact) mass is 398 g/mol. The summed E-state index contributed by atoms with van der Waals surface area (Å²) in [5, 5.41) is 19.1. The zero-order chi connectivity index (χ0) is 19.7. The summed E-state index contributed by atoms with van der Waals surface area (Å²) in [5.41, 5.74) is 2.16. The fraction of sp³-hybridized carbons (Fsp3) is 0.455. The number of anilines is 1. The number of benzene rings is 1. The van der Waals surface area contributed by atoms with Gasteiger partial charge in [0.05, 0.1) is 17.5 Å². The molecule has 4 rings (SSSR count). The van der Waals surface area contributed by atoms with Crippen LogP contribution in [0.4, 0.5) is 5.82 Å². The van der Waals surface area contributed by atoms with Crippen molar-refractivity contribution in [1.29, 1.82) is 0 Å². The molecule has 6 heteroatoms. The Hall–Kier alpha value is -2.11. The summed E-state index contributed by atoms with van der Waals surface area (Å²) in [7, 11) is 0. The van der Waals surface area contributed by atoms with Crippen LogP contribution in [0.25, 0.3) is 16.9 Å². The normalized spacial score (nSPS) is 20.4. The number of aliphatic hydroxyl groups is 1. The Bertz CT molecular complexity index is 955. The van der Waals surface area contributed by atoms with E-state index in [1.807, 2.05) is 61.0 Å². The zero-order valence-electron chi connectivity index (χ0n) is 16.4. The third-order valence-electron chi connectivity index (χ3n) is 5.90. The molecule has 2 aromatic heterocycles. The number of halogens is 1. The predicted octanol–water partition coefficient (Wildman–Crippen LogP) is 5.04. The quantitative estimate of drug-likeness (QED) is 0.632. The molecular formula is C22H27ClN4O. The molecule has 2 heterocycles. The maximum absolute atomic E-state index is 10.2. The van der Waals surface area contributed by atoms with Crippen LogP contribution in [0.5, 0.6) is 0 Å². The molecule has 3 aromatic rings. The lowest BCUT2D eigenvalue weighted by molar-refractivity contribution is -0.00502. The minimum Gasteiger partial charge on any atom is -0.390 e. The van der Waals surface area contributed by atoms with Gasteiger partial charge in [-0.05, 0) is 75.6 Å². The lowest BCUT2D eigenvalue weighted by Crippen LogP contribution is -2.35. The maximum atomic E-state index is 10.2. The molecule has 0 saturated heterocycles. The summed E-state index contributed by atoms with van der Waals surface area (Å²) >= 11 is 6.14. The molecule has 1 saturated carbocycles. The van der Waals surface area contributed by atoms with Crippen LogP contribution in [0.3, 0.4) is 0 Å². The number of nitrogens with zero attached hydrogens (tertiary/aromatic N) is 3. The molecule has 0 spiro atoms. The highest BCUT2D eigenvalue weighted by atomic mass is 35.5. The van der Waals surface area contributed by atoms with Crippen LogP contribution < -0.4 is 5.32 Å². The smallest absolute Gasteiger partial charge is 0.154 e. The van der Waals surface area contributed by atoms with Crippen LogP contribution in [-0.4, -0.2) is 31.9 Å². The highest BCUT2D eigenvalue weighted by Gasteiger charge is 2.31. The van der Waals surface area contributed by atoms with Crippen LogP contribution in [0, 0.1) is 11.8 Å². The van der Waals surface area contributed by atoms with Crippen LogP contribution in [0.2, 0.25) is 5.02 Å². The first-order valence-corrected chi connectivity index (χ1v) is 10.3. The van der Waals surface area contributed by atoms with Gasteiger partial charge in [0.2, 0.25) is 0 Å². The minimum atomic E-state index is -0.566. The third kappa shape index (κ3) is 4.15. The van der Waals surface area contributed by atoms with Gasteiger partial charge in [-0.3, -0.25) is 0 Å². The first kappa shape index (κ1) is 19.2. The number of rotatable bonds is 5. The highest BCUT2D eigenvalue weighted by Crippen LogP contribution is 2.35. The fourth-order valence-corrected chi connectivity index (χ4v) is 4.32. The molecule has 28 heavy (non-hydrogen) atoms. The summed E-state index contributed by atoms with van der Waals surface area (Å²) in [5.74, 6) is 1.87. The maximum Gasteiger partial charge on any atom is 0.154 e. The van der Waals surface area contributed by atoms with E-state index in [0.717, 1.165) is 55.0 Å². The molecule has 2 N–H and O–H groups in total. The van der Waals surface area contributed by atoms with Crippen molar-refractivity contribution in [1.82, 2.24) is 14.6 Å². The third-order valence-corrected chi connectivity index (χ3v) is 6.14. The summed E-state index contributed by atoms with van der Waals surface area (Å²) in [6, 6.07) is 11.7. The molecule has 0 radical (unpaired) electrons. The first-order chi connectivity index (χ1) is 13.4. The number of imidazole rings is 1. The molecule has 0 aliphatic heterocycles. The van der Waals surface area contributed by atoms with E-state index in [9.17, 15) is 5.11 Å². The van der Waals surface area contributed by atoms with Gasteiger partial charge in [0, 0.05) is 17.1 Å². The second kappa shape index (κ2) is 7.72. The number of hydrogen-bond donors (Lipinski definition) is 2. The van der Waals surface area contributed by atoms with Gasteiger partial charge >= 0.3 is 0 Å². The van der Waals surface area contributed by atoms with Crippen molar-refractivity contribution in [2.45, 2.75) is 45.1 Å². The Morgan fingerprint density at radius 1 is 1.18 bits per heavy atom. The molecular weight excluding hydrogens is 372 g/mol. The Morgan fingerprint density at radius 2 is 1.96 bits per heavy atom. The van der Waals surface area contributed by atoms with E-state index in [2.05, 4.69) is 10.3 Å². The Balaban J connectivity index is 1.45. The predicted molar refractivity (Wildman–Crippen MR) is 114 cm³/mol. The number of fused-ring (bicyclic) bond motifs is 1. The van der Waals surface area contributed by atoms with Gasteiger partial charge in [0.25, 0.3) is 0 Å². The average molecular weight is 399 g/mol. The van der Waals surface area contributed by atoms with E-state index in [-0.39, 0.29) is 0 Å². The number of aromatic nitrogens is 3. The Morgan fingerprint density at radius 3 is 2.68 bits per heavy atom. The average Bonchev–Trinajstić information content (AvgIpc) is 3.09. The van der Waals surface area contributed by atoms with E-state index < -0.39 is 5.60 Å². The summed E-state index contributed by atoms with van der Waals surface area (Å²) in [6.45, 7) is 4.76. The van der Waals surface area contributed by atoms with Crippen molar-refractivity contribution in [3.63, 3.8) is 0 Å². The molecule has 1 fully saturated rings. The lowest BCUT2D eigenvalue weighted by atomic mass is 9.75. The van der Waals surface area contributed by atoms with E-state index in [1.54, 1.807) is 0 Å². The summed E-state index contributed by atoms with van der Waals surface area (Å²) in [4.78, 5) is 4.45. The second-order valence-electron chi connectivity index (χ2n) is 8.39. The van der Waals surface area contributed by atoms with Gasteiger partial charge in [-0.25, -0.2) is 9.50 Å². The molecule has 1 aliphatic rings. The van der Waals surface area contributed by atoms with Crippen molar-refractivity contribution < 1.29 is 5.11 Å². The molecule has 1 aliphatic carbocycles. The molecule has 1 aromatic carbocycles. The van der Waals surface area contributed by atoms with E-state index >= 15 is 0 Å². The van der Waals surface area contributed by atoms with Crippen molar-refractivity contribution >= 4 is 23.1 Å². The summed E-state index contributed by atoms with van der Waals surface area (Å²) in [6.07, 6.45) is 6.28. The fourth-order valence-electron chi connectivity index (χ4n) is 4.13. The second-order valence-corrected chi connectivity index (χ2v) is 8.83. The van der Waals surface area contributed by atoms with Crippen LogP contribution >= 0.6 is 11.6 Å². The summed E-state index contributed by atoms with van der Waals surface area (Å²) < 4.78 is 1.86. The molecule has 148 valence electrons. The van der Waals surface area contributed by atoms with Crippen molar-refractivity contribution in [2.24, 2.45) is 11.8 Å². The molecule has 0 atom stereocenters. The minimum absolute atomic E-state index is 0.407. The van der Waals surface area contributed by atoms with Crippen LogP contribution in [0.15, 0.2) is 42.6 Å². The van der Waals surface area contributed by atoms with Crippen molar-refractivity contribution in [3.8, 4) is 11.3 Å².